The zero-order valence-corrected chi connectivity index (χ0v) is 47.8. The van der Waals surface area contributed by atoms with Crippen LogP contribution in [0.15, 0.2) is 0 Å². The molecule has 354 valence electrons. The topological polar surface area (TPSA) is 30.3 Å². The van der Waals surface area contributed by atoms with Gasteiger partial charge in [-0.1, -0.05) is 95.9 Å². The Morgan fingerprint density at radius 1 is 0.458 bits per heavy atom. The van der Waals surface area contributed by atoms with Crippen molar-refractivity contribution in [1.82, 2.24) is 24.5 Å². The fraction of sp³-hybridized carbons (Fsp3) is 0.981. The van der Waals surface area contributed by atoms with Crippen molar-refractivity contribution in [3.63, 3.8) is 0 Å². The van der Waals surface area contributed by atoms with Crippen molar-refractivity contribution in [1.29, 1.82) is 0 Å². The Labute approximate surface area is 419 Å². The molecule has 0 bridgehead atoms. The SMILES string of the molecule is CC.CC.CC.CC.CC.CC(C)N1CCC(CC2CCN(C)CC2)CC1.CC1CCN(CC2CCN(C(C)C)CC2)CC1.CC1CC[N-]CC1.CN1CC[CH-]CC1.[K+]. The largest absolute Gasteiger partial charge is 1.00 e. The van der Waals surface area contributed by atoms with Gasteiger partial charge in [0.25, 0.3) is 0 Å². The summed E-state index contributed by atoms with van der Waals surface area (Å²) in [6.07, 6.45) is 20.6. The third kappa shape index (κ3) is 36.3. The first-order valence-corrected chi connectivity index (χ1v) is 26.1. The fourth-order valence-electron chi connectivity index (χ4n) is 8.49. The van der Waals surface area contributed by atoms with Gasteiger partial charge in [0.1, 0.15) is 0 Å². The summed E-state index contributed by atoms with van der Waals surface area (Å²) in [6, 6.07) is 1.49. The molecular formula is C52H114KN6-. The normalized spacial score (nSPS) is 22.0. The van der Waals surface area contributed by atoms with E-state index in [1.807, 2.05) is 69.2 Å². The molecule has 0 atom stereocenters. The summed E-state index contributed by atoms with van der Waals surface area (Å²) in [5.41, 5.74) is 0. The average Bonchev–Trinajstić information content (AvgIpc) is 3.28. The van der Waals surface area contributed by atoms with Crippen LogP contribution in [0.1, 0.15) is 194 Å². The maximum atomic E-state index is 4.23. The van der Waals surface area contributed by atoms with E-state index in [-0.39, 0.29) is 51.4 Å². The minimum Gasteiger partial charge on any atom is -0.662 e. The van der Waals surface area contributed by atoms with Crippen molar-refractivity contribution < 1.29 is 51.4 Å². The van der Waals surface area contributed by atoms with E-state index in [1.54, 1.807) is 0 Å². The Bertz CT molecular complexity index is 691. The van der Waals surface area contributed by atoms with Crippen LogP contribution in [0.25, 0.3) is 5.32 Å². The molecule has 0 spiro atoms. The van der Waals surface area contributed by atoms with E-state index in [4.69, 9.17) is 0 Å². The van der Waals surface area contributed by atoms with E-state index in [0.717, 1.165) is 54.8 Å². The minimum atomic E-state index is 0. The number of hydrogen-bond acceptors (Lipinski definition) is 5. The van der Waals surface area contributed by atoms with Crippen molar-refractivity contribution in [2.45, 2.75) is 206 Å². The van der Waals surface area contributed by atoms with Crippen molar-refractivity contribution in [3.8, 4) is 0 Å². The first-order chi connectivity index (χ1) is 28.1. The predicted molar refractivity (Wildman–Crippen MR) is 268 cm³/mol. The molecule has 59 heavy (non-hydrogen) atoms. The van der Waals surface area contributed by atoms with E-state index in [0.29, 0.717) is 0 Å². The minimum absolute atomic E-state index is 0. The fourth-order valence-corrected chi connectivity index (χ4v) is 8.49. The van der Waals surface area contributed by atoms with Gasteiger partial charge in [0.15, 0.2) is 0 Å². The molecule has 6 nitrogen and oxygen atoms in total. The van der Waals surface area contributed by atoms with E-state index < -0.39 is 0 Å². The first-order valence-electron chi connectivity index (χ1n) is 26.1. The van der Waals surface area contributed by atoms with Gasteiger partial charge in [-0.3, -0.25) is 0 Å². The van der Waals surface area contributed by atoms with Gasteiger partial charge in [-0.2, -0.15) is 12.8 Å². The third-order valence-electron chi connectivity index (χ3n) is 12.6. The smallest absolute Gasteiger partial charge is 0.662 e. The zero-order valence-electron chi connectivity index (χ0n) is 44.7. The molecule has 6 fully saturated rings. The van der Waals surface area contributed by atoms with Gasteiger partial charge in [-0.25, -0.2) is 0 Å². The second-order valence-electron chi connectivity index (χ2n) is 17.6. The van der Waals surface area contributed by atoms with E-state index >= 15 is 0 Å². The van der Waals surface area contributed by atoms with Crippen molar-refractivity contribution in [2.75, 3.05) is 99.2 Å². The molecule has 0 aromatic heterocycles. The molecule has 6 aliphatic heterocycles. The summed E-state index contributed by atoms with van der Waals surface area (Å²) in [5, 5.41) is 4.23. The van der Waals surface area contributed by atoms with Crippen molar-refractivity contribution in [3.05, 3.63) is 11.7 Å². The van der Waals surface area contributed by atoms with Gasteiger partial charge < -0.3 is 36.2 Å². The average molecular weight is 863 g/mol. The van der Waals surface area contributed by atoms with Gasteiger partial charge in [0.05, 0.1) is 0 Å². The Balaban J connectivity index is -0.000000334. The number of hydrogen-bond donors (Lipinski definition) is 0. The van der Waals surface area contributed by atoms with Crippen LogP contribution in [0.4, 0.5) is 0 Å². The molecule has 0 aromatic carbocycles. The van der Waals surface area contributed by atoms with Gasteiger partial charge in [0, 0.05) is 18.6 Å². The summed E-state index contributed by atoms with van der Waals surface area (Å²) in [6.45, 7) is 50.8. The number of piperidine rings is 6. The van der Waals surface area contributed by atoms with Crippen LogP contribution in [-0.4, -0.2) is 136 Å². The summed E-state index contributed by atoms with van der Waals surface area (Å²) in [5.74, 6) is 4.94. The third-order valence-corrected chi connectivity index (χ3v) is 12.6. The number of rotatable bonds is 6. The van der Waals surface area contributed by atoms with Crippen LogP contribution >= 0.6 is 0 Å². The van der Waals surface area contributed by atoms with Crippen LogP contribution in [0.5, 0.6) is 0 Å². The Morgan fingerprint density at radius 2 is 0.797 bits per heavy atom. The molecule has 0 saturated carbocycles. The molecule has 0 N–H and O–H groups in total. The maximum absolute atomic E-state index is 4.23. The Morgan fingerprint density at radius 3 is 1.12 bits per heavy atom. The van der Waals surface area contributed by atoms with Gasteiger partial charge in [0.2, 0.25) is 0 Å². The van der Waals surface area contributed by atoms with Crippen LogP contribution in [0.3, 0.4) is 0 Å². The Kier molecular flexibility index (Phi) is 53.8. The zero-order chi connectivity index (χ0) is 44.7. The van der Waals surface area contributed by atoms with Crippen LogP contribution in [-0.2, 0) is 0 Å². The van der Waals surface area contributed by atoms with E-state index in [2.05, 4.69) is 91.9 Å². The van der Waals surface area contributed by atoms with Gasteiger partial charge >= 0.3 is 51.4 Å². The predicted octanol–water partition coefficient (Wildman–Crippen LogP) is 10.5. The summed E-state index contributed by atoms with van der Waals surface area (Å²) in [7, 11) is 4.43. The quantitative estimate of drug-likeness (QED) is 0.196. The molecule has 7 heteroatoms. The number of likely N-dealkylation sites (tertiary alicyclic amines) is 5. The molecule has 0 amide bonds. The van der Waals surface area contributed by atoms with E-state index in [9.17, 15) is 0 Å². The molecular weight excluding hydrogens is 748 g/mol. The molecule has 6 saturated heterocycles. The van der Waals surface area contributed by atoms with Crippen LogP contribution < -0.4 is 51.4 Å². The Hall–Kier alpha value is 1.40. The molecule has 6 heterocycles. The monoisotopic (exact) mass is 862 g/mol. The van der Waals surface area contributed by atoms with Crippen molar-refractivity contribution >= 4 is 0 Å². The maximum Gasteiger partial charge on any atom is 1.00 e. The summed E-state index contributed by atoms with van der Waals surface area (Å²) in [4.78, 5) is 12.8. The molecule has 0 unspecified atom stereocenters. The first kappa shape index (κ1) is 67.0. The summed E-state index contributed by atoms with van der Waals surface area (Å²) < 4.78 is 0. The van der Waals surface area contributed by atoms with Crippen molar-refractivity contribution in [2.24, 2.45) is 29.6 Å². The van der Waals surface area contributed by atoms with Crippen LogP contribution in [0, 0.1) is 36.0 Å². The molecule has 0 aliphatic carbocycles. The molecule has 0 radical (unpaired) electrons. The number of nitrogens with zero attached hydrogens (tertiary/aromatic N) is 6. The molecule has 6 aliphatic rings. The molecule has 6 rings (SSSR count). The van der Waals surface area contributed by atoms with Gasteiger partial charge in [-0.05, 0) is 195 Å². The standard InChI is InChI=1S/2C15H30N2.2C6H12N.5C2H6.K/c1-13(2)17-10-6-15(7-11-17)12-14-4-8-16(3)9-5-14;1-13(2)17-10-6-15(7-11-17)12-16-8-4-14(3)5-9-16;1-6-2-4-7-5-3-6;1-7-5-3-2-4-6-7;5*1-2;/h2*13-15H,4-12H2,1-3H3;6H,2-5H2,1H3;2H,3-6H2,1H3;5*1-2H3;/q;;2*-1;;;;;;+1. The second kappa shape index (κ2) is 47.4. The molecule has 0 aromatic rings. The summed E-state index contributed by atoms with van der Waals surface area (Å²) >= 11 is 0. The van der Waals surface area contributed by atoms with Gasteiger partial charge in [-0.15, -0.1) is 13.1 Å². The van der Waals surface area contributed by atoms with Crippen LogP contribution in [0.2, 0.25) is 0 Å². The van der Waals surface area contributed by atoms with E-state index in [1.165, 1.54) is 155 Å². The second-order valence-corrected chi connectivity index (χ2v) is 17.6.